The molecule has 0 aliphatic heterocycles. The molecule has 0 spiro atoms. The molecule has 0 atom stereocenters. The number of fused-ring (bicyclic) bond motifs is 2. The van der Waals surface area contributed by atoms with Gasteiger partial charge in [-0.25, -0.2) is 4.39 Å². The highest BCUT2D eigenvalue weighted by Gasteiger charge is 2.09. The van der Waals surface area contributed by atoms with E-state index in [-0.39, 0.29) is 5.82 Å². The second kappa shape index (κ2) is 4.53. The fourth-order valence-electron chi connectivity index (χ4n) is 2.73. The number of aromatic nitrogens is 2. The Labute approximate surface area is 125 Å². The van der Waals surface area contributed by atoms with Crippen molar-refractivity contribution in [2.75, 3.05) is 0 Å². The average molecular weight is 294 g/mol. The van der Waals surface area contributed by atoms with Crippen LogP contribution in [0.15, 0.2) is 60.7 Å². The number of imidazole rings is 1. The van der Waals surface area contributed by atoms with Gasteiger partial charge in [-0.15, -0.1) is 0 Å². The molecule has 0 unspecified atom stereocenters. The molecule has 0 saturated heterocycles. The molecule has 0 saturated carbocycles. The van der Waals surface area contributed by atoms with Crippen LogP contribution in [-0.4, -0.2) is 9.55 Å². The fraction of sp³-hybridized carbons (Fsp3) is 0. The zero-order chi connectivity index (χ0) is 14.4. The van der Waals surface area contributed by atoms with E-state index in [4.69, 9.17) is 12.2 Å². The normalized spacial score (nSPS) is 11.3. The second-order valence-electron chi connectivity index (χ2n) is 4.93. The van der Waals surface area contributed by atoms with Crippen molar-refractivity contribution >= 4 is 34.0 Å². The first-order chi connectivity index (χ1) is 10.2. The van der Waals surface area contributed by atoms with Crippen molar-refractivity contribution in [2.45, 2.75) is 0 Å². The molecule has 4 aromatic rings. The Balaban J connectivity index is 2.14. The maximum atomic E-state index is 13.4. The molecule has 1 aromatic heterocycles. The summed E-state index contributed by atoms with van der Waals surface area (Å²) in [5.74, 6) is -0.274. The van der Waals surface area contributed by atoms with E-state index in [1.807, 2.05) is 28.8 Å². The van der Waals surface area contributed by atoms with E-state index in [1.54, 1.807) is 6.07 Å². The molecule has 1 heterocycles. The van der Waals surface area contributed by atoms with Crippen molar-refractivity contribution in [3.8, 4) is 5.69 Å². The van der Waals surface area contributed by atoms with E-state index in [0.29, 0.717) is 10.3 Å². The molecule has 21 heavy (non-hydrogen) atoms. The zero-order valence-corrected chi connectivity index (χ0v) is 11.8. The van der Waals surface area contributed by atoms with Gasteiger partial charge < -0.3 is 4.98 Å². The molecule has 0 radical (unpaired) electrons. The molecule has 3 aromatic carbocycles. The first-order valence-electron chi connectivity index (χ1n) is 6.62. The number of hydrogen-bond acceptors (Lipinski definition) is 1. The van der Waals surface area contributed by atoms with Gasteiger partial charge in [-0.2, -0.15) is 0 Å². The topological polar surface area (TPSA) is 20.7 Å². The summed E-state index contributed by atoms with van der Waals surface area (Å²) in [6.07, 6.45) is 0. The number of aromatic amines is 1. The highest BCUT2D eigenvalue weighted by atomic mass is 32.1. The van der Waals surface area contributed by atoms with E-state index in [0.717, 1.165) is 22.0 Å². The van der Waals surface area contributed by atoms with Crippen LogP contribution in [0, 0.1) is 10.6 Å². The Bertz CT molecular complexity index is 1020. The molecule has 0 amide bonds. The van der Waals surface area contributed by atoms with Crippen LogP contribution >= 0.6 is 12.2 Å². The van der Waals surface area contributed by atoms with Crippen molar-refractivity contribution in [3.63, 3.8) is 0 Å². The lowest BCUT2D eigenvalue weighted by Crippen LogP contribution is -1.95. The molecule has 4 rings (SSSR count). The monoisotopic (exact) mass is 294 g/mol. The van der Waals surface area contributed by atoms with Gasteiger partial charge in [-0.1, -0.05) is 36.4 Å². The molecule has 1 N–H and O–H groups in total. The van der Waals surface area contributed by atoms with Crippen molar-refractivity contribution in [2.24, 2.45) is 0 Å². The van der Waals surface area contributed by atoms with Gasteiger partial charge in [0.25, 0.3) is 0 Å². The van der Waals surface area contributed by atoms with Crippen LogP contribution in [0.5, 0.6) is 0 Å². The largest absolute Gasteiger partial charge is 0.330 e. The maximum Gasteiger partial charge on any atom is 0.182 e. The minimum absolute atomic E-state index is 0.274. The van der Waals surface area contributed by atoms with Crippen LogP contribution < -0.4 is 0 Å². The second-order valence-corrected chi connectivity index (χ2v) is 5.31. The molecular formula is C17H11FN2S. The lowest BCUT2D eigenvalue weighted by Gasteiger charge is -2.08. The van der Waals surface area contributed by atoms with Crippen molar-refractivity contribution in [3.05, 3.63) is 71.3 Å². The SMILES string of the molecule is Fc1ccc2c(c1)[nH]c(=S)n2-c1cccc2ccccc12. The summed E-state index contributed by atoms with van der Waals surface area (Å²) >= 11 is 5.43. The van der Waals surface area contributed by atoms with Gasteiger partial charge in [-0.05, 0) is 41.9 Å². The lowest BCUT2D eigenvalue weighted by atomic mass is 10.1. The Morgan fingerprint density at radius 2 is 1.76 bits per heavy atom. The van der Waals surface area contributed by atoms with Crippen LogP contribution in [0.25, 0.3) is 27.5 Å². The number of halogens is 1. The Morgan fingerprint density at radius 1 is 0.952 bits per heavy atom. The summed E-state index contributed by atoms with van der Waals surface area (Å²) < 4.78 is 15.9. The van der Waals surface area contributed by atoms with Crippen LogP contribution in [0.2, 0.25) is 0 Å². The average Bonchev–Trinajstić information content (AvgIpc) is 2.81. The third-order valence-electron chi connectivity index (χ3n) is 3.65. The number of nitrogens with one attached hydrogen (secondary N) is 1. The van der Waals surface area contributed by atoms with E-state index in [1.165, 1.54) is 12.1 Å². The number of rotatable bonds is 1. The quantitative estimate of drug-likeness (QED) is 0.491. The number of benzene rings is 3. The van der Waals surface area contributed by atoms with Crippen molar-refractivity contribution in [1.29, 1.82) is 0 Å². The van der Waals surface area contributed by atoms with E-state index in [2.05, 4.69) is 23.2 Å². The minimum atomic E-state index is -0.274. The van der Waals surface area contributed by atoms with E-state index >= 15 is 0 Å². The number of hydrogen-bond donors (Lipinski definition) is 1. The standard InChI is InChI=1S/C17H11FN2S/c18-12-8-9-16-14(10-12)19-17(21)20(16)15-7-3-5-11-4-1-2-6-13(11)15/h1-10H,(H,19,21). The molecule has 4 heteroatoms. The molecular weight excluding hydrogens is 283 g/mol. The summed E-state index contributed by atoms with van der Waals surface area (Å²) in [4.78, 5) is 3.07. The minimum Gasteiger partial charge on any atom is -0.330 e. The molecule has 0 aliphatic rings. The van der Waals surface area contributed by atoms with Crippen LogP contribution in [0.1, 0.15) is 0 Å². The third-order valence-corrected chi connectivity index (χ3v) is 3.94. The van der Waals surface area contributed by atoms with Crippen LogP contribution in [0.3, 0.4) is 0 Å². The van der Waals surface area contributed by atoms with Crippen molar-refractivity contribution < 1.29 is 4.39 Å². The Kier molecular flexibility index (Phi) is 2.65. The van der Waals surface area contributed by atoms with Gasteiger partial charge in [0.1, 0.15) is 5.82 Å². The van der Waals surface area contributed by atoms with Gasteiger partial charge >= 0.3 is 0 Å². The fourth-order valence-corrected chi connectivity index (χ4v) is 3.03. The van der Waals surface area contributed by atoms with Gasteiger partial charge in [0.05, 0.1) is 16.7 Å². The summed E-state index contributed by atoms with van der Waals surface area (Å²) in [6, 6.07) is 18.9. The summed E-state index contributed by atoms with van der Waals surface area (Å²) in [6.45, 7) is 0. The highest BCUT2D eigenvalue weighted by Crippen LogP contribution is 2.26. The summed E-state index contributed by atoms with van der Waals surface area (Å²) in [5, 5.41) is 2.26. The molecule has 0 aliphatic carbocycles. The maximum absolute atomic E-state index is 13.4. The van der Waals surface area contributed by atoms with Gasteiger partial charge in [-0.3, -0.25) is 4.57 Å². The third kappa shape index (κ3) is 1.87. The van der Waals surface area contributed by atoms with Crippen LogP contribution in [0.4, 0.5) is 4.39 Å². The van der Waals surface area contributed by atoms with Gasteiger partial charge in [0, 0.05) is 5.39 Å². The molecule has 102 valence electrons. The first kappa shape index (κ1) is 12.3. The summed E-state index contributed by atoms with van der Waals surface area (Å²) in [5.41, 5.74) is 2.57. The number of nitrogens with zero attached hydrogens (tertiary/aromatic N) is 1. The predicted molar refractivity (Wildman–Crippen MR) is 85.9 cm³/mol. The predicted octanol–water partition coefficient (Wildman–Crippen LogP) is 4.98. The zero-order valence-electron chi connectivity index (χ0n) is 11.0. The molecule has 0 fully saturated rings. The first-order valence-corrected chi connectivity index (χ1v) is 7.03. The van der Waals surface area contributed by atoms with E-state index in [9.17, 15) is 4.39 Å². The Hall–Kier alpha value is -2.46. The smallest absolute Gasteiger partial charge is 0.182 e. The van der Waals surface area contributed by atoms with Gasteiger partial charge in [0.2, 0.25) is 0 Å². The lowest BCUT2D eigenvalue weighted by molar-refractivity contribution is 0.629. The van der Waals surface area contributed by atoms with Crippen LogP contribution in [-0.2, 0) is 0 Å². The summed E-state index contributed by atoms with van der Waals surface area (Å²) in [7, 11) is 0. The molecule has 0 bridgehead atoms. The van der Waals surface area contributed by atoms with Crippen molar-refractivity contribution in [1.82, 2.24) is 9.55 Å². The van der Waals surface area contributed by atoms with E-state index < -0.39 is 0 Å². The number of H-pyrrole nitrogens is 1. The van der Waals surface area contributed by atoms with Gasteiger partial charge in [0.15, 0.2) is 4.77 Å². The molecule has 2 nitrogen and oxygen atoms in total. The highest BCUT2D eigenvalue weighted by molar-refractivity contribution is 7.71. The Morgan fingerprint density at radius 3 is 2.67 bits per heavy atom.